The lowest BCUT2D eigenvalue weighted by atomic mass is 10.2. The summed E-state index contributed by atoms with van der Waals surface area (Å²) < 4.78 is 19.9. The van der Waals surface area contributed by atoms with Crippen LogP contribution < -0.4 is 5.73 Å². The number of aryl methyl sites for hydroxylation is 2. The third-order valence-corrected chi connectivity index (χ3v) is 2.83. The molecule has 106 valence electrons. The number of anilines is 1. The minimum atomic E-state index is -0.583. The van der Waals surface area contributed by atoms with Gasteiger partial charge in [0, 0.05) is 0 Å². The van der Waals surface area contributed by atoms with E-state index in [1.807, 2.05) is 0 Å². The van der Waals surface area contributed by atoms with Gasteiger partial charge in [0.05, 0.1) is 12.3 Å². The van der Waals surface area contributed by atoms with Gasteiger partial charge in [-0.3, -0.25) is 4.57 Å². The fourth-order valence-electron chi connectivity index (χ4n) is 2.07. The molecule has 2 aromatic rings. The van der Waals surface area contributed by atoms with Crippen LogP contribution in [-0.2, 0) is 4.74 Å². The molecule has 0 fully saturated rings. The van der Waals surface area contributed by atoms with Crippen LogP contribution in [0.25, 0.3) is 5.69 Å². The Bertz CT molecular complexity index is 644. The van der Waals surface area contributed by atoms with Gasteiger partial charge in [-0.2, -0.15) is 0 Å². The van der Waals surface area contributed by atoms with Gasteiger partial charge >= 0.3 is 5.97 Å². The summed E-state index contributed by atoms with van der Waals surface area (Å²) in [5.41, 5.74) is 7.28. The topological polar surface area (TPSA) is 70.1 Å². The molecule has 0 aliphatic heterocycles. The number of esters is 1. The summed E-state index contributed by atoms with van der Waals surface area (Å²) in [5, 5.41) is 0. The number of nitrogen functional groups attached to an aromatic ring is 1. The molecular formula is C14H16FN3O2. The number of ether oxygens (including phenoxy) is 1. The van der Waals surface area contributed by atoms with Crippen LogP contribution in [0, 0.1) is 19.7 Å². The predicted octanol–water partition coefficient (Wildman–Crippen LogP) is 2.39. The average Bonchev–Trinajstić information content (AvgIpc) is 2.64. The molecule has 0 aliphatic carbocycles. The first kappa shape index (κ1) is 14.0. The first-order valence-corrected chi connectivity index (χ1v) is 6.23. The minimum Gasteiger partial charge on any atom is -0.461 e. The van der Waals surface area contributed by atoms with Gasteiger partial charge in [0.2, 0.25) is 0 Å². The highest BCUT2D eigenvalue weighted by Gasteiger charge is 2.20. The normalized spacial score (nSPS) is 10.6. The maximum Gasteiger partial charge on any atom is 0.360 e. The number of carbonyl (C=O) groups excluding carboxylic acids is 1. The van der Waals surface area contributed by atoms with Crippen molar-refractivity contribution >= 4 is 11.8 Å². The van der Waals surface area contributed by atoms with Crippen molar-refractivity contribution in [3.05, 3.63) is 41.1 Å². The van der Waals surface area contributed by atoms with Crippen molar-refractivity contribution in [3.63, 3.8) is 0 Å². The summed E-state index contributed by atoms with van der Waals surface area (Å²) in [6, 6.07) is 4.52. The molecule has 0 unspecified atom stereocenters. The largest absolute Gasteiger partial charge is 0.461 e. The Kier molecular flexibility index (Phi) is 3.74. The van der Waals surface area contributed by atoms with Crippen molar-refractivity contribution in [1.82, 2.24) is 9.55 Å². The van der Waals surface area contributed by atoms with Crippen molar-refractivity contribution in [2.75, 3.05) is 12.3 Å². The SMILES string of the molecule is CCOC(=O)c1nc(C)n(-c2cc(C)cc(F)c2)c1N. The molecule has 0 amide bonds. The van der Waals surface area contributed by atoms with E-state index >= 15 is 0 Å². The number of benzene rings is 1. The summed E-state index contributed by atoms with van der Waals surface area (Å²) in [6.07, 6.45) is 0. The molecule has 0 spiro atoms. The molecule has 20 heavy (non-hydrogen) atoms. The van der Waals surface area contributed by atoms with Gasteiger partial charge < -0.3 is 10.5 Å². The summed E-state index contributed by atoms with van der Waals surface area (Å²) in [4.78, 5) is 15.8. The molecule has 0 saturated heterocycles. The van der Waals surface area contributed by atoms with E-state index in [9.17, 15) is 9.18 Å². The van der Waals surface area contributed by atoms with Gasteiger partial charge in [0.25, 0.3) is 0 Å². The third-order valence-electron chi connectivity index (χ3n) is 2.83. The molecule has 5 nitrogen and oxygen atoms in total. The summed E-state index contributed by atoms with van der Waals surface area (Å²) in [5.74, 6) is -0.313. The molecule has 0 atom stereocenters. The first-order chi connectivity index (χ1) is 9.43. The van der Waals surface area contributed by atoms with Gasteiger partial charge in [0.1, 0.15) is 17.5 Å². The maximum absolute atomic E-state index is 13.5. The van der Waals surface area contributed by atoms with Crippen molar-refractivity contribution < 1.29 is 13.9 Å². The highest BCUT2D eigenvalue weighted by Crippen LogP contribution is 2.22. The summed E-state index contributed by atoms with van der Waals surface area (Å²) >= 11 is 0. The lowest BCUT2D eigenvalue weighted by molar-refractivity contribution is 0.0521. The first-order valence-electron chi connectivity index (χ1n) is 6.23. The zero-order valence-electron chi connectivity index (χ0n) is 11.6. The van der Waals surface area contributed by atoms with Crippen LogP contribution in [0.4, 0.5) is 10.2 Å². The second-order valence-corrected chi connectivity index (χ2v) is 4.44. The number of rotatable bonds is 3. The van der Waals surface area contributed by atoms with E-state index in [1.54, 1.807) is 26.8 Å². The van der Waals surface area contributed by atoms with E-state index in [4.69, 9.17) is 10.5 Å². The number of nitrogens with two attached hydrogens (primary N) is 1. The van der Waals surface area contributed by atoms with Crippen molar-refractivity contribution in [2.24, 2.45) is 0 Å². The molecule has 0 saturated carbocycles. The Morgan fingerprint density at radius 1 is 1.40 bits per heavy atom. The molecular weight excluding hydrogens is 261 g/mol. The second kappa shape index (κ2) is 5.32. The quantitative estimate of drug-likeness (QED) is 0.874. The van der Waals surface area contributed by atoms with Crippen LogP contribution in [0.15, 0.2) is 18.2 Å². The van der Waals surface area contributed by atoms with Crippen LogP contribution in [0.5, 0.6) is 0 Å². The maximum atomic E-state index is 13.5. The fraction of sp³-hybridized carbons (Fsp3) is 0.286. The van der Waals surface area contributed by atoms with E-state index in [1.165, 1.54) is 16.7 Å². The smallest absolute Gasteiger partial charge is 0.360 e. The van der Waals surface area contributed by atoms with Crippen molar-refractivity contribution in [2.45, 2.75) is 20.8 Å². The van der Waals surface area contributed by atoms with E-state index in [2.05, 4.69) is 4.98 Å². The number of nitrogens with zero attached hydrogens (tertiary/aromatic N) is 2. The number of aromatic nitrogens is 2. The standard InChI is InChI=1S/C14H16FN3O2/c1-4-20-14(19)12-13(16)18(9(3)17-12)11-6-8(2)5-10(15)7-11/h5-7H,4,16H2,1-3H3. The average molecular weight is 277 g/mol. The van der Waals surface area contributed by atoms with Gasteiger partial charge in [0.15, 0.2) is 5.69 Å². The summed E-state index contributed by atoms with van der Waals surface area (Å²) in [6.45, 7) is 5.41. The highest BCUT2D eigenvalue weighted by molar-refractivity contribution is 5.92. The number of hydrogen-bond acceptors (Lipinski definition) is 4. The Morgan fingerprint density at radius 2 is 2.10 bits per heavy atom. The lowest BCUT2D eigenvalue weighted by Crippen LogP contribution is -2.09. The number of carbonyl (C=O) groups is 1. The third kappa shape index (κ3) is 2.49. The van der Waals surface area contributed by atoms with Crippen molar-refractivity contribution in [1.29, 1.82) is 0 Å². The number of halogens is 1. The molecule has 6 heteroatoms. The molecule has 2 rings (SSSR count). The molecule has 1 heterocycles. The van der Waals surface area contributed by atoms with E-state index in [0.717, 1.165) is 5.56 Å². The zero-order valence-corrected chi connectivity index (χ0v) is 11.6. The van der Waals surface area contributed by atoms with E-state index in [0.29, 0.717) is 11.5 Å². The Labute approximate surface area is 116 Å². The van der Waals surface area contributed by atoms with Crippen LogP contribution in [0.3, 0.4) is 0 Å². The number of imidazole rings is 1. The van der Waals surface area contributed by atoms with Crippen LogP contribution in [0.1, 0.15) is 28.8 Å². The highest BCUT2D eigenvalue weighted by atomic mass is 19.1. The van der Waals surface area contributed by atoms with Gasteiger partial charge in [-0.1, -0.05) is 0 Å². The Morgan fingerprint density at radius 3 is 2.70 bits per heavy atom. The predicted molar refractivity (Wildman–Crippen MR) is 73.4 cm³/mol. The molecule has 1 aromatic heterocycles. The van der Waals surface area contributed by atoms with Crippen LogP contribution in [-0.4, -0.2) is 22.1 Å². The fourth-order valence-corrected chi connectivity index (χ4v) is 2.07. The Hall–Kier alpha value is -2.37. The number of hydrogen-bond donors (Lipinski definition) is 1. The minimum absolute atomic E-state index is 0.0475. The zero-order chi connectivity index (χ0) is 14.9. The molecule has 2 N–H and O–H groups in total. The van der Waals surface area contributed by atoms with E-state index in [-0.39, 0.29) is 23.9 Å². The van der Waals surface area contributed by atoms with Crippen molar-refractivity contribution in [3.8, 4) is 5.69 Å². The Balaban J connectivity index is 2.55. The monoisotopic (exact) mass is 277 g/mol. The van der Waals surface area contributed by atoms with Crippen LogP contribution in [0.2, 0.25) is 0 Å². The molecule has 0 bridgehead atoms. The van der Waals surface area contributed by atoms with Gasteiger partial charge in [-0.25, -0.2) is 14.2 Å². The van der Waals surface area contributed by atoms with Crippen LogP contribution >= 0.6 is 0 Å². The van der Waals surface area contributed by atoms with Gasteiger partial charge in [-0.15, -0.1) is 0 Å². The van der Waals surface area contributed by atoms with E-state index < -0.39 is 5.97 Å². The molecule has 0 aliphatic rings. The van der Waals surface area contributed by atoms with Gasteiger partial charge in [-0.05, 0) is 44.5 Å². The summed E-state index contributed by atoms with van der Waals surface area (Å²) in [7, 11) is 0. The molecule has 0 radical (unpaired) electrons. The lowest BCUT2D eigenvalue weighted by Gasteiger charge is -2.09. The second-order valence-electron chi connectivity index (χ2n) is 4.44. The molecule has 1 aromatic carbocycles.